The van der Waals surface area contributed by atoms with Crippen molar-refractivity contribution in [1.82, 2.24) is 0 Å². The number of hydrogen-bond acceptors (Lipinski definition) is 3. The average Bonchev–Trinajstić information content (AvgIpc) is 2.67. The van der Waals surface area contributed by atoms with Crippen LogP contribution in [0, 0.1) is 0 Å². The van der Waals surface area contributed by atoms with Gasteiger partial charge in [-0.05, 0) is 18.9 Å². The van der Waals surface area contributed by atoms with Crippen molar-refractivity contribution < 1.29 is 17.2 Å². The summed E-state index contributed by atoms with van der Waals surface area (Å²) < 4.78 is 33.2. The van der Waals surface area contributed by atoms with Gasteiger partial charge in [0.25, 0.3) is 0 Å². The summed E-state index contributed by atoms with van der Waals surface area (Å²) >= 11 is 0. The molecule has 0 aliphatic rings. The first kappa shape index (κ1) is 28.5. The fourth-order valence-corrected chi connectivity index (χ4v) is 3.91. The molecule has 4 nitrogen and oxygen atoms in total. The summed E-state index contributed by atoms with van der Waals surface area (Å²) in [6, 6.07) is 0. The molecule has 5 heteroatoms. The highest BCUT2D eigenvalue weighted by atomic mass is 32.3. The van der Waals surface area contributed by atoms with Gasteiger partial charge in [-0.2, -0.15) is 8.42 Å². The zero-order chi connectivity index (χ0) is 21.5. The number of allylic oxidation sites excluding steroid dienone is 1. The van der Waals surface area contributed by atoms with E-state index < -0.39 is 10.4 Å². The maximum atomic E-state index is 10.3. The van der Waals surface area contributed by atoms with Crippen LogP contribution < -0.4 is 0 Å². The molecule has 0 amide bonds. The van der Waals surface area contributed by atoms with Gasteiger partial charge in [-0.15, -0.1) is 0 Å². The van der Waals surface area contributed by atoms with Crippen LogP contribution in [0.25, 0.3) is 0 Å². The van der Waals surface area contributed by atoms with Crippen molar-refractivity contribution in [3.8, 4) is 0 Å². The predicted molar refractivity (Wildman–Crippen MR) is 124 cm³/mol. The molecule has 0 aliphatic carbocycles. The van der Waals surface area contributed by atoms with Crippen LogP contribution in [0.1, 0.15) is 142 Å². The fourth-order valence-electron chi connectivity index (χ4n) is 3.69. The molecule has 0 spiro atoms. The molecule has 174 valence electrons. The summed E-state index contributed by atoms with van der Waals surface area (Å²) in [4.78, 5) is 0. The molecule has 0 aliphatic heterocycles. The van der Waals surface area contributed by atoms with Gasteiger partial charge in [-0.1, -0.05) is 129 Å². The van der Waals surface area contributed by atoms with Crippen LogP contribution >= 0.6 is 0 Å². The van der Waals surface area contributed by atoms with Crippen molar-refractivity contribution in [3.63, 3.8) is 0 Å². The van der Waals surface area contributed by atoms with Crippen molar-refractivity contribution in [2.75, 3.05) is 0 Å². The quantitative estimate of drug-likeness (QED) is 0.0998. The minimum Gasteiger partial charge on any atom is -0.370 e. The van der Waals surface area contributed by atoms with E-state index in [9.17, 15) is 8.42 Å². The molecule has 0 rings (SSSR count). The van der Waals surface area contributed by atoms with E-state index in [1.54, 1.807) is 6.08 Å². The van der Waals surface area contributed by atoms with E-state index in [2.05, 4.69) is 11.1 Å². The Morgan fingerprint density at radius 1 is 0.586 bits per heavy atom. The van der Waals surface area contributed by atoms with Crippen molar-refractivity contribution in [2.45, 2.75) is 142 Å². The lowest BCUT2D eigenvalue weighted by Gasteiger charge is -2.04. The molecular weight excluding hydrogens is 384 g/mol. The third-order valence-corrected chi connectivity index (χ3v) is 5.85. The van der Waals surface area contributed by atoms with Crippen LogP contribution in [0.5, 0.6) is 0 Å². The molecule has 0 aromatic rings. The molecule has 0 saturated carbocycles. The van der Waals surface area contributed by atoms with Gasteiger partial charge in [-0.3, -0.25) is 4.55 Å². The van der Waals surface area contributed by atoms with Crippen LogP contribution in [0.2, 0.25) is 0 Å². The minimum absolute atomic E-state index is 0.786. The Bertz CT molecular complexity index is 446. The first-order valence-corrected chi connectivity index (χ1v) is 13.7. The minimum atomic E-state index is -4.34. The molecular formula is C24H48O4S. The summed E-state index contributed by atoms with van der Waals surface area (Å²) in [5.74, 6) is 0. The monoisotopic (exact) mass is 432 g/mol. The van der Waals surface area contributed by atoms with E-state index >= 15 is 0 Å². The molecule has 0 radical (unpaired) electrons. The van der Waals surface area contributed by atoms with Crippen molar-refractivity contribution in [2.24, 2.45) is 0 Å². The third kappa shape index (κ3) is 27.4. The molecule has 0 saturated heterocycles. The summed E-state index contributed by atoms with van der Waals surface area (Å²) in [5, 5.41) is 0. The van der Waals surface area contributed by atoms with E-state index in [0.29, 0.717) is 0 Å². The van der Waals surface area contributed by atoms with Crippen molar-refractivity contribution in [3.05, 3.63) is 12.3 Å². The van der Waals surface area contributed by atoms with Crippen LogP contribution in [0.15, 0.2) is 12.3 Å². The number of unbranched alkanes of at least 4 members (excludes halogenated alkanes) is 20. The first-order chi connectivity index (χ1) is 14.1. The Morgan fingerprint density at radius 3 is 1.21 bits per heavy atom. The smallest absolute Gasteiger partial charge is 0.370 e. The van der Waals surface area contributed by atoms with Gasteiger partial charge in [0.2, 0.25) is 0 Å². The summed E-state index contributed by atoms with van der Waals surface area (Å²) in [6.07, 6.45) is 30.8. The van der Waals surface area contributed by atoms with E-state index in [-0.39, 0.29) is 0 Å². The second-order valence-electron chi connectivity index (χ2n) is 8.40. The zero-order valence-corrected chi connectivity index (χ0v) is 19.9. The maximum Gasteiger partial charge on any atom is 0.445 e. The highest BCUT2D eigenvalue weighted by Gasteiger charge is 1.98. The van der Waals surface area contributed by atoms with Crippen molar-refractivity contribution in [1.29, 1.82) is 0 Å². The van der Waals surface area contributed by atoms with Gasteiger partial charge in [0, 0.05) is 0 Å². The van der Waals surface area contributed by atoms with Gasteiger partial charge in [0.1, 0.15) is 6.26 Å². The van der Waals surface area contributed by atoms with Crippen LogP contribution in [0.4, 0.5) is 0 Å². The molecule has 0 heterocycles. The van der Waals surface area contributed by atoms with Gasteiger partial charge in [0.05, 0.1) is 0 Å². The Balaban J connectivity index is 3.08. The zero-order valence-electron chi connectivity index (χ0n) is 19.1. The largest absolute Gasteiger partial charge is 0.445 e. The van der Waals surface area contributed by atoms with Crippen LogP contribution in [-0.4, -0.2) is 13.0 Å². The summed E-state index contributed by atoms with van der Waals surface area (Å²) in [5.41, 5.74) is 0. The molecule has 0 aromatic heterocycles. The van der Waals surface area contributed by atoms with Gasteiger partial charge >= 0.3 is 10.4 Å². The molecule has 29 heavy (non-hydrogen) atoms. The maximum absolute atomic E-state index is 10.3. The highest BCUT2D eigenvalue weighted by Crippen LogP contribution is 2.15. The summed E-state index contributed by atoms with van der Waals surface area (Å²) in [6.45, 7) is 2.28. The van der Waals surface area contributed by atoms with E-state index in [0.717, 1.165) is 25.5 Å². The SMILES string of the molecule is CCCCCCCCCCCCCCCCCCCCCC/C=C/OS(=O)(=O)O. The van der Waals surface area contributed by atoms with E-state index in [1.807, 2.05) is 0 Å². The van der Waals surface area contributed by atoms with Crippen molar-refractivity contribution >= 4 is 10.4 Å². The number of rotatable bonds is 23. The Kier molecular flexibility index (Phi) is 21.7. The van der Waals surface area contributed by atoms with Gasteiger partial charge in [0.15, 0.2) is 0 Å². The normalized spacial score (nSPS) is 12.1. The third-order valence-electron chi connectivity index (χ3n) is 5.50. The Hall–Kier alpha value is -0.550. The van der Waals surface area contributed by atoms with Gasteiger partial charge in [-0.25, -0.2) is 0 Å². The second kappa shape index (κ2) is 22.1. The lowest BCUT2D eigenvalue weighted by molar-refractivity contribution is 0.355. The lowest BCUT2D eigenvalue weighted by atomic mass is 10.0. The second-order valence-corrected chi connectivity index (χ2v) is 9.45. The Morgan fingerprint density at radius 2 is 0.897 bits per heavy atom. The number of hydrogen-bond donors (Lipinski definition) is 1. The lowest BCUT2D eigenvalue weighted by Crippen LogP contribution is -1.96. The first-order valence-electron chi connectivity index (χ1n) is 12.4. The summed E-state index contributed by atoms with van der Waals surface area (Å²) in [7, 11) is -4.34. The molecule has 0 unspecified atom stereocenters. The van der Waals surface area contributed by atoms with E-state index in [4.69, 9.17) is 4.55 Å². The van der Waals surface area contributed by atoms with Gasteiger partial charge < -0.3 is 4.18 Å². The molecule has 0 bridgehead atoms. The highest BCUT2D eigenvalue weighted by molar-refractivity contribution is 7.81. The molecule has 1 N–H and O–H groups in total. The molecule has 0 fully saturated rings. The Labute approximate surface area is 181 Å². The molecule has 0 aromatic carbocycles. The van der Waals surface area contributed by atoms with Crippen LogP contribution in [0.3, 0.4) is 0 Å². The van der Waals surface area contributed by atoms with Crippen LogP contribution in [-0.2, 0) is 14.6 Å². The standard InChI is InChI=1S/C24H48O4S/c1-2-3-4-5-6-7-8-9-10-11-12-13-14-15-16-17-18-19-20-21-22-23-24-28-29(25,26)27/h23-24H,2-22H2,1H3,(H,25,26,27)/b24-23+. The molecule has 0 atom stereocenters. The van der Waals surface area contributed by atoms with E-state index in [1.165, 1.54) is 116 Å². The topological polar surface area (TPSA) is 63.6 Å². The fraction of sp³-hybridized carbons (Fsp3) is 0.917. The average molecular weight is 433 g/mol. The predicted octanol–water partition coefficient (Wildman–Crippen LogP) is 8.53.